The van der Waals surface area contributed by atoms with Gasteiger partial charge in [-0.3, -0.25) is 9.59 Å². The summed E-state index contributed by atoms with van der Waals surface area (Å²) in [7, 11) is 0. The van der Waals surface area contributed by atoms with Crippen molar-refractivity contribution in [2.24, 2.45) is 5.92 Å². The average molecular weight is 331 g/mol. The summed E-state index contributed by atoms with van der Waals surface area (Å²) in [6.07, 6.45) is 1.72. The molecule has 0 radical (unpaired) electrons. The Morgan fingerprint density at radius 2 is 2.00 bits per heavy atom. The van der Waals surface area contributed by atoms with Crippen molar-refractivity contribution in [3.05, 3.63) is 48.0 Å². The Kier molecular flexibility index (Phi) is 4.38. The van der Waals surface area contributed by atoms with Crippen molar-refractivity contribution in [2.45, 2.75) is 25.8 Å². The molecule has 3 rings (SSSR count). The highest BCUT2D eigenvalue weighted by molar-refractivity contribution is 5.93. The van der Waals surface area contributed by atoms with E-state index >= 15 is 0 Å². The van der Waals surface area contributed by atoms with Gasteiger partial charge in [-0.1, -0.05) is 19.1 Å². The number of hydrogen-bond acceptors (Lipinski definition) is 3. The number of hydrogen-bond donors (Lipinski definition) is 1. The SMILES string of the molecule is CC(CN(C(=O)c1ccc(-c2ccccc2F)o1)C1CC1)C(=O)O. The van der Waals surface area contributed by atoms with Crippen LogP contribution in [0.25, 0.3) is 11.3 Å². The fourth-order valence-corrected chi connectivity index (χ4v) is 2.56. The Balaban J connectivity index is 1.81. The molecule has 0 spiro atoms. The number of carboxylic acid groups (broad SMARTS) is 1. The maximum absolute atomic E-state index is 13.8. The van der Waals surface area contributed by atoms with Crippen molar-refractivity contribution in [1.82, 2.24) is 4.90 Å². The predicted octanol–water partition coefficient (Wildman–Crippen LogP) is 3.41. The molecule has 0 saturated heterocycles. The van der Waals surface area contributed by atoms with Crippen LogP contribution >= 0.6 is 0 Å². The molecule has 5 nitrogen and oxygen atoms in total. The van der Waals surface area contributed by atoms with E-state index in [1.807, 2.05) is 0 Å². The van der Waals surface area contributed by atoms with E-state index in [1.165, 1.54) is 12.1 Å². The van der Waals surface area contributed by atoms with Crippen molar-refractivity contribution in [2.75, 3.05) is 6.54 Å². The standard InChI is InChI=1S/C18H18FNO4/c1-11(18(22)23)10-20(12-6-7-12)17(21)16-9-8-15(24-16)13-4-2-3-5-14(13)19/h2-5,8-9,11-12H,6-7,10H2,1H3,(H,22,23). The number of carboxylic acids is 1. The van der Waals surface area contributed by atoms with Crippen molar-refractivity contribution >= 4 is 11.9 Å². The number of carbonyl (C=O) groups excluding carboxylic acids is 1. The van der Waals surface area contributed by atoms with Gasteiger partial charge in [0.1, 0.15) is 11.6 Å². The van der Waals surface area contributed by atoms with Gasteiger partial charge in [0.2, 0.25) is 0 Å². The number of halogens is 1. The molecule has 1 saturated carbocycles. The minimum Gasteiger partial charge on any atom is -0.481 e. The first-order chi connectivity index (χ1) is 11.5. The summed E-state index contributed by atoms with van der Waals surface area (Å²) in [4.78, 5) is 25.3. The van der Waals surface area contributed by atoms with E-state index in [-0.39, 0.29) is 35.6 Å². The van der Waals surface area contributed by atoms with Gasteiger partial charge in [0.25, 0.3) is 5.91 Å². The summed E-state index contributed by atoms with van der Waals surface area (Å²) < 4.78 is 19.4. The second kappa shape index (κ2) is 6.47. The number of carbonyl (C=O) groups is 2. The first-order valence-corrected chi connectivity index (χ1v) is 7.86. The lowest BCUT2D eigenvalue weighted by Gasteiger charge is -2.23. The third-order valence-corrected chi connectivity index (χ3v) is 4.10. The molecule has 126 valence electrons. The molecular weight excluding hydrogens is 313 g/mol. The molecule has 1 aromatic carbocycles. The van der Waals surface area contributed by atoms with Gasteiger partial charge in [-0.15, -0.1) is 0 Å². The van der Waals surface area contributed by atoms with Crippen LogP contribution in [-0.4, -0.2) is 34.5 Å². The van der Waals surface area contributed by atoms with Crippen LogP contribution in [0.15, 0.2) is 40.8 Å². The maximum atomic E-state index is 13.8. The van der Waals surface area contributed by atoms with Gasteiger partial charge in [0.15, 0.2) is 5.76 Å². The molecule has 1 aromatic heterocycles. The average Bonchev–Trinajstić information content (AvgIpc) is 3.28. The summed E-state index contributed by atoms with van der Waals surface area (Å²) >= 11 is 0. The number of furan rings is 1. The van der Waals surface area contributed by atoms with Gasteiger partial charge in [-0.05, 0) is 37.1 Å². The lowest BCUT2D eigenvalue weighted by molar-refractivity contribution is -0.141. The minimum atomic E-state index is -0.944. The van der Waals surface area contributed by atoms with Gasteiger partial charge in [-0.25, -0.2) is 4.39 Å². The highest BCUT2D eigenvalue weighted by atomic mass is 19.1. The van der Waals surface area contributed by atoms with E-state index in [9.17, 15) is 14.0 Å². The number of benzene rings is 1. The zero-order valence-corrected chi connectivity index (χ0v) is 13.2. The van der Waals surface area contributed by atoms with E-state index in [2.05, 4.69) is 0 Å². The van der Waals surface area contributed by atoms with Crippen molar-refractivity contribution < 1.29 is 23.5 Å². The van der Waals surface area contributed by atoms with Crippen LogP contribution in [0.2, 0.25) is 0 Å². The summed E-state index contributed by atoms with van der Waals surface area (Å²) in [6.45, 7) is 1.70. The summed E-state index contributed by atoms with van der Waals surface area (Å²) in [6, 6.07) is 9.28. The molecule has 1 amide bonds. The number of amides is 1. The molecule has 24 heavy (non-hydrogen) atoms. The van der Waals surface area contributed by atoms with Crippen LogP contribution in [-0.2, 0) is 4.79 Å². The molecule has 1 heterocycles. The van der Waals surface area contributed by atoms with Crippen LogP contribution in [0.5, 0.6) is 0 Å². The first-order valence-electron chi connectivity index (χ1n) is 7.86. The number of nitrogens with zero attached hydrogens (tertiary/aromatic N) is 1. The second-order valence-electron chi connectivity index (χ2n) is 6.07. The molecule has 6 heteroatoms. The zero-order valence-electron chi connectivity index (χ0n) is 13.2. The molecule has 1 unspecified atom stereocenters. The molecule has 1 atom stereocenters. The molecular formula is C18H18FNO4. The summed E-state index contributed by atoms with van der Waals surface area (Å²) in [5.74, 6) is -2.01. The van der Waals surface area contributed by atoms with E-state index < -0.39 is 17.7 Å². The van der Waals surface area contributed by atoms with Crippen LogP contribution in [0.4, 0.5) is 4.39 Å². The Morgan fingerprint density at radius 1 is 1.29 bits per heavy atom. The smallest absolute Gasteiger partial charge is 0.308 e. The number of rotatable bonds is 6. The molecule has 1 aliphatic carbocycles. The molecule has 0 aliphatic heterocycles. The quantitative estimate of drug-likeness (QED) is 0.880. The fraction of sp³-hybridized carbons (Fsp3) is 0.333. The Hall–Kier alpha value is -2.63. The molecule has 1 aliphatic rings. The van der Waals surface area contributed by atoms with Crippen molar-refractivity contribution in [3.8, 4) is 11.3 Å². The van der Waals surface area contributed by atoms with Gasteiger partial charge in [0, 0.05) is 12.6 Å². The Morgan fingerprint density at radius 3 is 2.62 bits per heavy atom. The van der Waals surface area contributed by atoms with Gasteiger partial charge in [-0.2, -0.15) is 0 Å². The lowest BCUT2D eigenvalue weighted by atomic mass is 10.1. The van der Waals surface area contributed by atoms with Crippen LogP contribution in [0, 0.1) is 11.7 Å². The van der Waals surface area contributed by atoms with E-state index in [4.69, 9.17) is 9.52 Å². The molecule has 1 N–H and O–H groups in total. The van der Waals surface area contributed by atoms with Crippen molar-refractivity contribution in [3.63, 3.8) is 0 Å². The van der Waals surface area contributed by atoms with E-state index in [1.54, 1.807) is 36.1 Å². The van der Waals surface area contributed by atoms with Gasteiger partial charge >= 0.3 is 5.97 Å². The van der Waals surface area contributed by atoms with Crippen LogP contribution in [0.3, 0.4) is 0 Å². The van der Waals surface area contributed by atoms with Crippen LogP contribution in [0.1, 0.15) is 30.3 Å². The molecule has 0 bridgehead atoms. The minimum absolute atomic E-state index is 0.0568. The largest absolute Gasteiger partial charge is 0.481 e. The Labute approximate surface area is 138 Å². The highest BCUT2D eigenvalue weighted by Gasteiger charge is 2.36. The second-order valence-corrected chi connectivity index (χ2v) is 6.07. The highest BCUT2D eigenvalue weighted by Crippen LogP contribution is 2.31. The third kappa shape index (κ3) is 3.32. The third-order valence-electron chi connectivity index (χ3n) is 4.10. The van der Waals surface area contributed by atoms with Crippen LogP contribution < -0.4 is 0 Å². The fourth-order valence-electron chi connectivity index (χ4n) is 2.56. The normalized spacial score (nSPS) is 15.1. The van der Waals surface area contributed by atoms with E-state index in [0.717, 1.165) is 12.8 Å². The van der Waals surface area contributed by atoms with Crippen molar-refractivity contribution in [1.29, 1.82) is 0 Å². The zero-order chi connectivity index (χ0) is 17.3. The summed E-state index contributed by atoms with van der Waals surface area (Å²) in [5.41, 5.74) is 0.286. The number of aliphatic carboxylic acids is 1. The molecule has 1 fully saturated rings. The van der Waals surface area contributed by atoms with E-state index in [0.29, 0.717) is 0 Å². The van der Waals surface area contributed by atoms with Gasteiger partial charge in [0.05, 0.1) is 11.5 Å². The maximum Gasteiger partial charge on any atom is 0.308 e. The first kappa shape index (κ1) is 16.2. The topological polar surface area (TPSA) is 70.8 Å². The monoisotopic (exact) mass is 331 g/mol. The summed E-state index contributed by atoms with van der Waals surface area (Å²) in [5, 5.41) is 9.07. The lowest BCUT2D eigenvalue weighted by Crippen LogP contribution is -2.38. The Bertz CT molecular complexity index is 766. The van der Waals surface area contributed by atoms with Gasteiger partial charge < -0.3 is 14.4 Å². The predicted molar refractivity (Wildman–Crippen MR) is 85.0 cm³/mol. The molecule has 2 aromatic rings.